The maximum absolute atomic E-state index is 11.6. The number of alkyl carbamates (subject to hydrolysis) is 1. The number of ether oxygens (including phenoxy) is 5. The molecule has 0 unspecified atom stereocenters. The van der Waals surface area contributed by atoms with Crippen LogP contribution in [-0.4, -0.2) is 75.3 Å². The molecule has 0 saturated heterocycles. The Morgan fingerprint density at radius 3 is 2.35 bits per heavy atom. The summed E-state index contributed by atoms with van der Waals surface area (Å²) in [6.07, 6.45) is 6.61. The van der Waals surface area contributed by atoms with E-state index >= 15 is 0 Å². The second-order valence-electron chi connectivity index (χ2n) is 12.0. The minimum atomic E-state index is -0.518. The topological polar surface area (TPSA) is 131 Å². The summed E-state index contributed by atoms with van der Waals surface area (Å²) in [4.78, 5) is 16.4. The zero-order chi connectivity index (χ0) is 33.8. The van der Waals surface area contributed by atoms with Crippen molar-refractivity contribution in [1.82, 2.24) is 15.2 Å². The van der Waals surface area contributed by atoms with E-state index in [0.29, 0.717) is 58.6 Å². The van der Waals surface area contributed by atoms with E-state index in [2.05, 4.69) is 47.8 Å². The molecule has 0 saturated carbocycles. The van der Waals surface area contributed by atoms with E-state index in [-0.39, 0.29) is 0 Å². The molecular weight excluding hydrogens is 586 g/mol. The van der Waals surface area contributed by atoms with Gasteiger partial charge in [-0.2, -0.15) is 0 Å². The first-order chi connectivity index (χ1) is 22.1. The lowest BCUT2D eigenvalue weighted by molar-refractivity contribution is 0.0102. The molecule has 46 heavy (non-hydrogen) atoms. The van der Waals surface area contributed by atoms with Crippen LogP contribution in [-0.2, 0) is 32.1 Å². The van der Waals surface area contributed by atoms with E-state index in [1.165, 1.54) is 0 Å². The van der Waals surface area contributed by atoms with Crippen molar-refractivity contribution in [3.05, 3.63) is 52.2 Å². The number of aliphatic imine (C=N–C) groups is 1. The van der Waals surface area contributed by atoms with Crippen LogP contribution in [0.3, 0.4) is 0 Å². The van der Waals surface area contributed by atoms with Crippen LogP contribution in [0.5, 0.6) is 5.75 Å². The van der Waals surface area contributed by atoms with E-state index < -0.39 is 11.7 Å². The SMILES string of the molecule is C=c1ccn(Cc2ccc(COCCOCCOCCNC(=O)OC(C)(C)C)cc2OC)/c1=C(/N=C(/N)CCC)NCCCCC. The summed E-state index contributed by atoms with van der Waals surface area (Å²) in [5.41, 5.74) is 7.78. The van der Waals surface area contributed by atoms with Gasteiger partial charge in [-0.1, -0.05) is 45.4 Å². The average molecular weight is 644 g/mol. The van der Waals surface area contributed by atoms with Crippen molar-refractivity contribution in [2.45, 2.75) is 85.5 Å². The quantitative estimate of drug-likeness (QED) is 0.0997. The maximum Gasteiger partial charge on any atom is 0.407 e. The average Bonchev–Trinajstić information content (AvgIpc) is 3.36. The predicted molar refractivity (Wildman–Crippen MR) is 184 cm³/mol. The van der Waals surface area contributed by atoms with Crippen LogP contribution >= 0.6 is 0 Å². The van der Waals surface area contributed by atoms with Crippen LogP contribution in [0.4, 0.5) is 4.79 Å². The summed E-state index contributed by atoms with van der Waals surface area (Å²) < 4.78 is 30.0. The van der Waals surface area contributed by atoms with E-state index in [0.717, 1.165) is 71.9 Å². The number of nitrogens with zero attached hydrogens (tertiary/aromatic N) is 2. The molecule has 0 aliphatic heterocycles. The monoisotopic (exact) mass is 643 g/mol. The molecule has 11 nitrogen and oxygen atoms in total. The van der Waals surface area contributed by atoms with Crippen LogP contribution in [0.25, 0.3) is 12.4 Å². The van der Waals surface area contributed by atoms with Gasteiger partial charge in [-0.05, 0) is 56.5 Å². The summed E-state index contributed by atoms with van der Waals surface area (Å²) in [5.74, 6) is 2.15. The molecule has 2 aromatic rings. The van der Waals surface area contributed by atoms with Crippen molar-refractivity contribution in [2.75, 3.05) is 53.2 Å². The Balaban J connectivity index is 1.88. The lowest BCUT2D eigenvalue weighted by Crippen LogP contribution is -2.36. The van der Waals surface area contributed by atoms with Crippen molar-refractivity contribution >= 4 is 24.3 Å². The van der Waals surface area contributed by atoms with Gasteiger partial charge in [0.15, 0.2) is 5.82 Å². The molecule has 0 aliphatic rings. The summed E-state index contributed by atoms with van der Waals surface area (Å²) in [6, 6.07) is 8.13. The molecular formula is C35H57N5O6. The van der Waals surface area contributed by atoms with Gasteiger partial charge in [0.05, 0.1) is 58.6 Å². The highest BCUT2D eigenvalue weighted by Crippen LogP contribution is 2.21. The molecule has 0 aliphatic carbocycles. The van der Waals surface area contributed by atoms with Crippen LogP contribution in [0.15, 0.2) is 35.5 Å². The molecule has 0 spiro atoms. The van der Waals surface area contributed by atoms with Gasteiger partial charge in [-0.25, -0.2) is 9.79 Å². The highest BCUT2D eigenvalue weighted by Gasteiger charge is 2.15. The third kappa shape index (κ3) is 15.2. The zero-order valence-corrected chi connectivity index (χ0v) is 28.9. The predicted octanol–water partition coefficient (Wildman–Crippen LogP) is 4.03. The van der Waals surface area contributed by atoms with E-state index in [1.807, 2.05) is 39.1 Å². The van der Waals surface area contributed by atoms with Crippen LogP contribution in [0, 0.1) is 0 Å². The van der Waals surface area contributed by atoms with Crippen molar-refractivity contribution in [1.29, 1.82) is 0 Å². The highest BCUT2D eigenvalue weighted by molar-refractivity contribution is 5.83. The summed E-state index contributed by atoms with van der Waals surface area (Å²) in [7, 11) is 1.68. The number of carbonyl (C=O) groups excluding carboxylic acids is 1. The number of hydrogen-bond acceptors (Lipinski definition) is 8. The molecule has 258 valence electrons. The van der Waals surface area contributed by atoms with Gasteiger partial charge in [0.2, 0.25) is 0 Å². The first-order valence-corrected chi connectivity index (χ1v) is 16.4. The number of methoxy groups -OCH3 is 1. The molecule has 11 heteroatoms. The van der Waals surface area contributed by atoms with Gasteiger partial charge in [-0.3, -0.25) is 0 Å². The summed E-state index contributed by atoms with van der Waals surface area (Å²) in [5, 5.41) is 7.98. The molecule has 1 aromatic heterocycles. The Labute approximate surface area is 275 Å². The maximum atomic E-state index is 11.6. The smallest absolute Gasteiger partial charge is 0.407 e. The lowest BCUT2D eigenvalue weighted by atomic mass is 10.1. The van der Waals surface area contributed by atoms with Crippen molar-refractivity contribution < 1.29 is 28.5 Å². The Kier molecular flexibility index (Phi) is 17.9. The zero-order valence-electron chi connectivity index (χ0n) is 28.9. The van der Waals surface area contributed by atoms with Crippen LogP contribution in [0.1, 0.15) is 77.8 Å². The van der Waals surface area contributed by atoms with Gasteiger partial charge in [-0.15, -0.1) is 0 Å². The highest BCUT2D eigenvalue weighted by atomic mass is 16.6. The number of aromatic nitrogens is 1. The number of amides is 1. The number of nitrogens with one attached hydrogen (secondary N) is 2. The van der Waals surface area contributed by atoms with Gasteiger partial charge >= 0.3 is 6.09 Å². The third-order valence-electron chi connectivity index (χ3n) is 6.73. The fourth-order valence-electron chi connectivity index (χ4n) is 4.51. The van der Waals surface area contributed by atoms with Crippen molar-refractivity contribution in [3.8, 4) is 5.75 Å². The van der Waals surface area contributed by atoms with E-state index in [4.69, 9.17) is 34.4 Å². The number of carbonyl (C=O) groups is 1. The Bertz CT molecular complexity index is 1320. The van der Waals surface area contributed by atoms with Crippen LogP contribution in [0.2, 0.25) is 0 Å². The number of hydrogen-bond donors (Lipinski definition) is 3. The Morgan fingerprint density at radius 1 is 0.957 bits per heavy atom. The Hall–Kier alpha value is -3.54. The van der Waals surface area contributed by atoms with Crippen LogP contribution < -0.4 is 31.7 Å². The molecule has 4 N–H and O–H groups in total. The molecule has 0 radical (unpaired) electrons. The lowest BCUT2D eigenvalue weighted by Gasteiger charge is -2.19. The molecule has 0 atom stereocenters. The molecule has 1 aromatic carbocycles. The van der Waals surface area contributed by atoms with Gasteiger partial charge < -0.3 is 44.6 Å². The molecule has 2 rings (SSSR count). The third-order valence-corrected chi connectivity index (χ3v) is 6.73. The van der Waals surface area contributed by atoms with Gasteiger partial charge in [0, 0.05) is 31.3 Å². The molecule has 1 amide bonds. The standard InChI is InChI=1S/C35H57N5O6/c1-8-10-11-16-37-33(39-31(36)12-9-2)32-27(3)15-18-40(32)25-29-14-13-28(24-30(29)42-7)26-45-23-22-44-21-20-43-19-17-38-34(41)46-35(4,5)6/h13-15,18,24,37H,3,8-12,16-17,19-23,25-26H2,1-2,4-7H3,(H2,36,39)(H,38,41)/b33-32+. The second kappa shape index (κ2) is 21.3. The molecule has 0 fully saturated rings. The number of unbranched alkanes of at least 4 members (excludes halogenated alkanes) is 2. The van der Waals surface area contributed by atoms with Gasteiger partial charge in [0.25, 0.3) is 0 Å². The number of benzene rings is 1. The minimum absolute atomic E-state index is 0.377. The minimum Gasteiger partial charge on any atom is -0.496 e. The van der Waals surface area contributed by atoms with Crippen molar-refractivity contribution in [3.63, 3.8) is 0 Å². The van der Waals surface area contributed by atoms with E-state index in [1.54, 1.807) is 7.11 Å². The van der Waals surface area contributed by atoms with E-state index in [9.17, 15) is 4.79 Å². The summed E-state index contributed by atoms with van der Waals surface area (Å²) >= 11 is 0. The second-order valence-corrected chi connectivity index (χ2v) is 12.0. The molecule has 0 bridgehead atoms. The fraction of sp³-hybridized carbons (Fsp3) is 0.600. The number of nitrogens with two attached hydrogens (primary N) is 1. The van der Waals surface area contributed by atoms with Gasteiger partial charge in [0.1, 0.15) is 17.2 Å². The Morgan fingerprint density at radius 2 is 1.67 bits per heavy atom. The number of rotatable bonds is 22. The number of amidine groups is 1. The largest absolute Gasteiger partial charge is 0.496 e. The first-order valence-electron chi connectivity index (χ1n) is 16.4. The normalized spacial score (nSPS) is 12.6. The molecule has 1 heterocycles. The first kappa shape index (κ1) is 38.6. The van der Waals surface area contributed by atoms with Crippen molar-refractivity contribution in [2.24, 2.45) is 10.7 Å². The summed E-state index contributed by atoms with van der Waals surface area (Å²) in [6.45, 7) is 18.4. The fourth-order valence-corrected chi connectivity index (χ4v) is 4.51.